The van der Waals surface area contributed by atoms with Crippen molar-refractivity contribution >= 4 is 28.6 Å². The molecule has 4 aromatic rings. The lowest BCUT2D eigenvalue weighted by Crippen LogP contribution is -2.38. The van der Waals surface area contributed by atoms with Crippen LogP contribution < -0.4 is 0 Å². The van der Waals surface area contributed by atoms with Crippen LogP contribution in [0.4, 0.5) is 0 Å². The predicted octanol–water partition coefficient (Wildman–Crippen LogP) is 5.63. The number of thioether (sulfide) groups is 2. The van der Waals surface area contributed by atoms with Crippen LogP contribution in [0.25, 0.3) is 0 Å². The lowest BCUT2D eigenvalue weighted by Gasteiger charge is -2.35. The van der Waals surface area contributed by atoms with E-state index in [1.165, 1.54) is 11.8 Å². The third-order valence-corrected chi connectivity index (χ3v) is 7.34. The summed E-state index contributed by atoms with van der Waals surface area (Å²) >= 11 is 3.10. The maximum atomic E-state index is 11.1. The number of carbonyl (C=O) groups excluding carboxylic acids is 1. The Hall–Kier alpha value is -2.83. The van der Waals surface area contributed by atoms with Gasteiger partial charge < -0.3 is 0 Å². The van der Waals surface area contributed by atoms with Gasteiger partial charge in [0.05, 0.1) is 11.9 Å². The highest BCUT2D eigenvalue weighted by molar-refractivity contribution is 8.23. The molecule has 0 radical (unpaired) electrons. The molecule has 3 aromatic carbocycles. The van der Waals surface area contributed by atoms with Crippen LogP contribution in [0.5, 0.6) is 0 Å². The summed E-state index contributed by atoms with van der Waals surface area (Å²) in [5, 5.41) is 10.1. The smallest absolute Gasteiger partial charge is 0.186 e. The molecule has 0 fully saturated rings. The Morgan fingerprint density at radius 1 is 0.844 bits per heavy atom. The lowest BCUT2D eigenvalue weighted by atomic mass is 9.77. The van der Waals surface area contributed by atoms with Crippen LogP contribution in [-0.4, -0.2) is 30.9 Å². The van der Waals surface area contributed by atoms with Crippen molar-refractivity contribution in [2.75, 3.05) is 10.8 Å². The fraction of sp³-hybridized carbons (Fsp3) is 0.192. The first kappa shape index (κ1) is 22.4. The van der Waals surface area contributed by atoms with Crippen molar-refractivity contribution in [1.29, 1.82) is 0 Å². The average Bonchev–Trinajstić information content (AvgIpc) is 3.30. The maximum Gasteiger partial charge on any atom is 0.186 e. The molecule has 0 bridgehead atoms. The first-order valence-corrected chi connectivity index (χ1v) is 12.6. The summed E-state index contributed by atoms with van der Waals surface area (Å²) in [7, 11) is 0. The predicted molar refractivity (Wildman–Crippen MR) is 134 cm³/mol. The second-order valence-corrected chi connectivity index (χ2v) is 10.00. The maximum absolute atomic E-state index is 11.1. The molecular formula is C26H25N3OS2. The van der Waals surface area contributed by atoms with Crippen LogP contribution in [0.1, 0.15) is 29.3 Å². The molecule has 0 saturated heterocycles. The number of hydrogen-bond donors (Lipinski definition) is 0. The largest absolute Gasteiger partial charge is 0.288 e. The minimum atomic E-state index is -0.632. The Morgan fingerprint density at radius 3 is 1.81 bits per heavy atom. The van der Waals surface area contributed by atoms with Gasteiger partial charge in [-0.15, -0.1) is 5.10 Å². The van der Waals surface area contributed by atoms with Crippen molar-refractivity contribution in [3.8, 4) is 0 Å². The molecule has 1 aromatic heterocycles. The minimum Gasteiger partial charge on any atom is -0.288 e. The summed E-state index contributed by atoms with van der Waals surface area (Å²) in [4.78, 5) is 11.1. The second-order valence-electron chi connectivity index (χ2n) is 7.37. The topological polar surface area (TPSA) is 47.8 Å². The van der Waals surface area contributed by atoms with Gasteiger partial charge in [-0.2, -0.15) is 11.8 Å². The zero-order chi connectivity index (χ0) is 22.2. The Kier molecular flexibility index (Phi) is 7.45. The average molecular weight is 460 g/mol. The van der Waals surface area contributed by atoms with Crippen LogP contribution in [0.2, 0.25) is 0 Å². The molecule has 0 saturated carbocycles. The van der Waals surface area contributed by atoms with Crippen LogP contribution in [0.15, 0.2) is 97.2 Å². The summed E-state index contributed by atoms with van der Waals surface area (Å²) in [5.41, 5.74) is 3.69. The van der Waals surface area contributed by atoms with Gasteiger partial charge in [-0.05, 0) is 22.4 Å². The molecule has 0 unspecified atom stereocenters. The molecule has 0 spiro atoms. The van der Waals surface area contributed by atoms with Gasteiger partial charge in [-0.25, -0.2) is 4.68 Å². The van der Waals surface area contributed by atoms with E-state index in [4.69, 9.17) is 0 Å². The van der Waals surface area contributed by atoms with E-state index in [0.717, 1.165) is 39.6 Å². The second kappa shape index (κ2) is 10.7. The number of carbonyl (C=O) groups is 1. The first-order chi connectivity index (χ1) is 15.7. The van der Waals surface area contributed by atoms with Gasteiger partial charge in [-0.3, -0.25) is 4.79 Å². The van der Waals surface area contributed by atoms with Gasteiger partial charge >= 0.3 is 0 Å². The molecule has 4 nitrogen and oxygen atoms in total. The van der Waals surface area contributed by atoms with Gasteiger partial charge in [0.25, 0.3) is 0 Å². The molecule has 0 N–H and O–H groups in total. The van der Waals surface area contributed by atoms with Gasteiger partial charge in [0.15, 0.2) is 5.12 Å². The highest BCUT2D eigenvalue weighted by Crippen LogP contribution is 2.40. The van der Waals surface area contributed by atoms with Crippen LogP contribution in [-0.2, 0) is 16.8 Å². The molecule has 0 aliphatic heterocycles. The third kappa shape index (κ3) is 4.81. The van der Waals surface area contributed by atoms with E-state index < -0.39 is 5.54 Å². The third-order valence-electron chi connectivity index (χ3n) is 5.31. The molecule has 162 valence electrons. The Morgan fingerprint density at radius 2 is 1.34 bits per heavy atom. The molecule has 0 atom stereocenters. The SMILES string of the molecule is CC(=O)SCSCCc1cn(C(c2ccccc2)(c2ccccc2)c2ccccc2)nn1. The zero-order valence-corrected chi connectivity index (χ0v) is 19.6. The summed E-state index contributed by atoms with van der Waals surface area (Å²) in [5.74, 6) is 0.897. The summed E-state index contributed by atoms with van der Waals surface area (Å²) in [6, 6.07) is 31.4. The van der Waals surface area contributed by atoms with E-state index in [1.54, 1.807) is 18.7 Å². The number of benzene rings is 3. The van der Waals surface area contributed by atoms with Gasteiger partial charge in [-0.1, -0.05) is 108 Å². The summed E-state index contributed by atoms with van der Waals surface area (Å²) in [6.07, 6.45) is 2.86. The molecule has 0 aliphatic carbocycles. The van der Waals surface area contributed by atoms with Crippen LogP contribution in [0.3, 0.4) is 0 Å². The Labute approximate surface area is 197 Å². The molecule has 6 heteroatoms. The van der Waals surface area contributed by atoms with E-state index in [0.29, 0.717) is 0 Å². The van der Waals surface area contributed by atoms with E-state index >= 15 is 0 Å². The zero-order valence-electron chi connectivity index (χ0n) is 17.9. The van der Waals surface area contributed by atoms with Gasteiger partial charge in [0.2, 0.25) is 0 Å². The monoisotopic (exact) mass is 459 g/mol. The quantitative estimate of drug-likeness (QED) is 0.184. The number of aromatic nitrogens is 3. The molecule has 0 aliphatic rings. The number of hydrogen-bond acceptors (Lipinski definition) is 5. The van der Waals surface area contributed by atoms with Crippen molar-refractivity contribution < 1.29 is 4.79 Å². The van der Waals surface area contributed by atoms with Crippen molar-refractivity contribution in [2.45, 2.75) is 18.9 Å². The van der Waals surface area contributed by atoms with Gasteiger partial charge in [0, 0.05) is 18.4 Å². The number of rotatable bonds is 9. The van der Waals surface area contributed by atoms with Crippen molar-refractivity contribution in [2.24, 2.45) is 0 Å². The molecule has 32 heavy (non-hydrogen) atoms. The molecule has 0 amide bonds. The summed E-state index contributed by atoms with van der Waals surface area (Å²) < 4.78 is 2.00. The lowest BCUT2D eigenvalue weighted by molar-refractivity contribution is -0.109. The first-order valence-electron chi connectivity index (χ1n) is 10.5. The standard InChI is InChI=1S/C26H25N3OS2/c1-21(30)32-20-31-18-17-25-19-29(28-27-25)26(22-11-5-2-6-12-22,23-13-7-3-8-14-23)24-15-9-4-10-16-24/h2-16,19H,17-18,20H2,1H3. The van der Waals surface area contributed by atoms with E-state index in [-0.39, 0.29) is 5.12 Å². The van der Waals surface area contributed by atoms with Crippen molar-refractivity contribution in [3.05, 3.63) is 120 Å². The van der Waals surface area contributed by atoms with Crippen molar-refractivity contribution in [1.82, 2.24) is 15.0 Å². The van der Waals surface area contributed by atoms with E-state index in [1.807, 2.05) is 22.9 Å². The Balaban J connectivity index is 1.76. The number of nitrogens with zero attached hydrogens (tertiary/aromatic N) is 3. The highest BCUT2D eigenvalue weighted by atomic mass is 32.2. The Bertz CT molecular complexity index is 1030. The normalized spacial score (nSPS) is 11.4. The van der Waals surface area contributed by atoms with E-state index in [9.17, 15) is 4.79 Å². The fourth-order valence-corrected chi connectivity index (χ4v) is 5.69. The van der Waals surface area contributed by atoms with Crippen LogP contribution in [0, 0.1) is 0 Å². The summed E-state index contributed by atoms with van der Waals surface area (Å²) in [6.45, 7) is 1.60. The molecule has 1 heterocycles. The van der Waals surface area contributed by atoms with Crippen molar-refractivity contribution in [3.63, 3.8) is 0 Å². The van der Waals surface area contributed by atoms with Gasteiger partial charge in [0.1, 0.15) is 5.54 Å². The van der Waals surface area contributed by atoms with E-state index in [2.05, 4.69) is 89.3 Å². The minimum absolute atomic E-state index is 0.154. The fourth-order valence-electron chi connectivity index (χ4n) is 3.87. The molecular weight excluding hydrogens is 434 g/mol. The van der Waals surface area contributed by atoms with Crippen LogP contribution >= 0.6 is 23.5 Å². The molecule has 4 rings (SSSR count). The highest BCUT2D eigenvalue weighted by Gasteiger charge is 2.39. The number of aryl methyl sites for hydroxylation is 1.